The summed E-state index contributed by atoms with van der Waals surface area (Å²) in [5, 5.41) is 11.7. The van der Waals surface area contributed by atoms with Crippen molar-refractivity contribution in [2.75, 3.05) is 5.32 Å². The normalized spacial score (nSPS) is 15.6. The maximum atomic E-state index is 11.9. The van der Waals surface area contributed by atoms with Crippen LogP contribution in [0.15, 0.2) is 18.5 Å². The summed E-state index contributed by atoms with van der Waals surface area (Å²) in [5.74, 6) is -0.435. The molecule has 0 spiro atoms. The van der Waals surface area contributed by atoms with Gasteiger partial charge in [-0.25, -0.2) is 4.79 Å². The molecule has 1 aliphatic carbocycles. The van der Waals surface area contributed by atoms with Crippen LogP contribution in [0.5, 0.6) is 0 Å². The third-order valence-corrected chi connectivity index (χ3v) is 4.07. The number of nitrogens with one attached hydrogen (secondary N) is 1. The van der Waals surface area contributed by atoms with Crippen molar-refractivity contribution in [3.05, 3.63) is 24.0 Å². The number of rotatable bonds is 6. The highest BCUT2D eigenvalue weighted by Crippen LogP contribution is 2.27. The van der Waals surface area contributed by atoms with Crippen LogP contribution in [0.25, 0.3) is 0 Å². The number of anilines is 1. The molecule has 21 heavy (non-hydrogen) atoms. The van der Waals surface area contributed by atoms with Crippen LogP contribution < -0.4 is 5.32 Å². The van der Waals surface area contributed by atoms with E-state index < -0.39 is 5.97 Å². The Labute approximate surface area is 124 Å². The average molecular weight is 290 g/mol. The molecular weight excluding hydrogens is 268 g/mol. The lowest BCUT2D eigenvalue weighted by atomic mass is 9.86. The number of nitrogens with zero attached hydrogens (tertiary/aromatic N) is 1. The van der Waals surface area contributed by atoms with Gasteiger partial charge in [0, 0.05) is 12.6 Å². The standard InChI is InChI=1S/C16H22N2O3/c19-15(8-4-7-12-5-2-1-3-6-12)18-14-11-17-10-9-13(14)16(20)21/h9-12H,1-8H2,(H,18,19)(H,20,21). The summed E-state index contributed by atoms with van der Waals surface area (Å²) in [5.41, 5.74) is 0.346. The van der Waals surface area contributed by atoms with Crippen molar-refractivity contribution < 1.29 is 14.7 Å². The van der Waals surface area contributed by atoms with Crippen molar-refractivity contribution in [2.45, 2.75) is 51.4 Å². The monoisotopic (exact) mass is 290 g/mol. The number of amides is 1. The number of pyridine rings is 1. The van der Waals surface area contributed by atoms with Gasteiger partial charge in [0.1, 0.15) is 0 Å². The van der Waals surface area contributed by atoms with Crippen LogP contribution in [0.4, 0.5) is 5.69 Å². The molecule has 1 saturated carbocycles. The molecule has 1 fully saturated rings. The zero-order valence-electron chi connectivity index (χ0n) is 12.2. The topological polar surface area (TPSA) is 79.3 Å². The van der Waals surface area contributed by atoms with E-state index in [0.29, 0.717) is 6.42 Å². The SMILES string of the molecule is O=C(CCCC1CCCCC1)Nc1cnccc1C(=O)O. The molecule has 1 aromatic heterocycles. The van der Waals surface area contributed by atoms with E-state index >= 15 is 0 Å². The van der Waals surface area contributed by atoms with Crippen molar-refractivity contribution in [1.29, 1.82) is 0 Å². The smallest absolute Gasteiger partial charge is 0.337 e. The van der Waals surface area contributed by atoms with Crippen LogP contribution in [0.2, 0.25) is 0 Å². The fourth-order valence-corrected chi connectivity index (χ4v) is 2.92. The number of carbonyl (C=O) groups excluding carboxylic acids is 1. The van der Waals surface area contributed by atoms with E-state index in [1.54, 1.807) is 0 Å². The van der Waals surface area contributed by atoms with Gasteiger partial charge in [0.2, 0.25) is 5.91 Å². The molecule has 0 aromatic carbocycles. The second-order valence-electron chi connectivity index (χ2n) is 5.67. The molecule has 0 saturated heterocycles. The van der Waals surface area contributed by atoms with Gasteiger partial charge in [-0.1, -0.05) is 32.1 Å². The molecule has 0 unspecified atom stereocenters. The minimum Gasteiger partial charge on any atom is -0.478 e. The molecule has 0 aliphatic heterocycles. The maximum absolute atomic E-state index is 11.9. The second-order valence-corrected chi connectivity index (χ2v) is 5.67. The summed E-state index contributed by atoms with van der Waals surface area (Å²) >= 11 is 0. The molecule has 2 rings (SSSR count). The Bertz CT molecular complexity index is 496. The molecule has 1 aliphatic rings. The molecule has 2 N–H and O–H groups in total. The molecule has 0 atom stereocenters. The average Bonchev–Trinajstić information content (AvgIpc) is 2.48. The first-order chi connectivity index (χ1) is 10.2. The fraction of sp³-hybridized carbons (Fsp3) is 0.562. The van der Waals surface area contributed by atoms with Crippen molar-refractivity contribution in [2.24, 2.45) is 5.92 Å². The predicted octanol–water partition coefficient (Wildman–Crippen LogP) is 3.47. The van der Waals surface area contributed by atoms with Crippen LogP contribution in [0.3, 0.4) is 0 Å². The van der Waals surface area contributed by atoms with E-state index in [-0.39, 0.29) is 17.2 Å². The first-order valence-corrected chi connectivity index (χ1v) is 7.64. The van der Waals surface area contributed by atoms with Crippen LogP contribution in [-0.4, -0.2) is 22.0 Å². The van der Waals surface area contributed by atoms with Gasteiger partial charge in [0.15, 0.2) is 0 Å². The van der Waals surface area contributed by atoms with Gasteiger partial charge < -0.3 is 10.4 Å². The lowest BCUT2D eigenvalue weighted by Crippen LogP contribution is -2.15. The molecule has 1 aromatic rings. The van der Waals surface area contributed by atoms with E-state index in [1.807, 2.05) is 0 Å². The summed E-state index contributed by atoms with van der Waals surface area (Å²) in [6, 6.07) is 1.39. The quantitative estimate of drug-likeness (QED) is 0.840. The summed E-state index contributed by atoms with van der Waals surface area (Å²) in [6.07, 6.45) is 11.7. The number of aromatic nitrogens is 1. The summed E-state index contributed by atoms with van der Waals surface area (Å²) in [7, 11) is 0. The van der Waals surface area contributed by atoms with E-state index in [0.717, 1.165) is 18.8 Å². The fourth-order valence-electron chi connectivity index (χ4n) is 2.92. The Hall–Kier alpha value is -1.91. The van der Waals surface area contributed by atoms with Crippen molar-refractivity contribution in [1.82, 2.24) is 4.98 Å². The molecule has 0 radical (unpaired) electrons. The van der Waals surface area contributed by atoms with Crippen LogP contribution in [0, 0.1) is 5.92 Å². The minimum absolute atomic E-state index is 0.0747. The largest absolute Gasteiger partial charge is 0.478 e. The highest BCUT2D eigenvalue weighted by atomic mass is 16.4. The van der Waals surface area contributed by atoms with E-state index in [1.165, 1.54) is 50.6 Å². The Morgan fingerprint density at radius 2 is 2.05 bits per heavy atom. The molecule has 1 heterocycles. The Balaban J connectivity index is 1.78. The zero-order chi connectivity index (χ0) is 15.1. The minimum atomic E-state index is -1.06. The molecule has 0 bridgehead atoms. The number of aromatic carboxylic acids is 1. The van der Waals surface area contributed by atoms with Gasteiger partial charge >= 0.3 is 5.97 Å². The number of carboxylic acids is 1. The van der Waals surface area contributed by atoms with Crippen LogP contribution in [-0.2, 0) is 4.79 Å². The van der Waals surface area contributed by atoms with Gasteiger partial charge in [-0.05, 0) is 24.8 Å². The maximum Gasteiger partial charge on any atom is 0.337 e. The highest BCUT2D eigenvalue weighted by Gasteiger charge is 2.15. The number of hydrogen-bond acceptors (Lipinski definition) is 3. The lowest BCUT2D eigenvalue weighted by molar-refractivity contribution is -0.116. The van der Waals surface area contributed by atoms with Gasteiger partial charge in [-0.15, -0.1) is 0 Å². The Kier molecular flexibility index (Phi) is 5.72. The lowest BCUT2D eigenvalue weighted by Gasteiger charge is -2.21. The van der Waals surface area contributed by atoms with Crippen molar-refractivity contribution >= 4 is 17.6 Å². The molecular formula is C16H22N2O3. The van der Waals surface area contributed by atoms with Crippen molar-refractivity contribution in [3.63, 3.8) is 0 Å². The zero-order valence-corrected chi connectivity index (χ0v) is 12.2. The van der Waals surface area contributed by atoms with Crippen LogP contribution in [0.1, 0.15) is 61.7 Å². The van der Waals surface area contributed by atoms with E-state index in [9.17, 15) is 9.59 Å². The molecule has 114 valence electrons. The van der Waals surface area contributed by atoms with Gasteiger partial charge in [0.25, 0.3) is 0 Å². The summed E-state index contributed by atoms with van der Waals surface area (Å²) < 4.78 is 0. The Morgan fingerprint density at radius 1 is 1.29 bits per heavy atom. The van der Waals surface area contributed by atoms with Gasteiger partial charge in [-0.3, -0.25) is 9.78 Å². The Morgan fingerprint density at radius 3 is 2.76 bits per heavy atom. The summed E-state index contributed by atoms with van der Waals surface area (Å²) in [6.45, 7) is 0. The van der Waals surface area contributed by atoms with Gasteiger partial charge in [-0.2, -0.15) is 0 Å². The number of carboxylic acid groups (broad SMARTS) is 1. The third kappa shape index (κ3) is 4.85. The highest BCUT2D eigenvalue weighted by molar-refractivity contribution is 6.00. The molecule has 5 nitrogen and oxygen atoms in total. The molecule has 5 heteroatoms. The second kappa shape index (κ2) is 7.76. The van der Waals surface area contributed by atoms with Crippen molar-refractivity contribution in [3.8, 4) is 0 Å². The number of carbonyl (C=O) groups is 2. The number of hydrogen-bond donors (Lipinski definition) is 2. The van der Waals surface area contributed by atoms with E-state index in [4.69, 9.17) is 5.11 Å². The third-order valence-electron chi connectivity index (χ3n) is 4.07. The van der Waals surface area contributed by atoms with Gasteiger partial charge in [0.05, 0.1) is 17.4 Å². The molecule has 1 amide bonds. The summed E-state index contributed by atoms with van der Waals surface area (Å²) in [4.78, 5) is 26.8. The van der Waals surface area contributed by atoms with E-state index in [2.05, 4.69) is 10.3 Å². The first kappa shape index (κ1) is 15.5. The first-order valence-electron chi connectivity index (χ1n) is 7.64. The van der Waals surface area contributed by atoms with Crippen LogP contribution >= 0.6 is 0 Å². The predicted molar refractivity (Wildman–Crippen MR) is 80.3 cm³/mol.